The van der Waals surface area contributed by atoms with Crippen molar-refractivity contribution in [3.8, 4) is 11.3 Å². The van der Waals surface area contributed by atoms with Gasteiger partial charge in [0.1, 0.15) is 16.4 Å². The fourth-order valence-electron chi connectivity index (χ4n) is 1.06. The number of thiophene rings is 1. The molecule has 5 heteroatoms. The van der Waals surface area contributed by atoms with Crippen LogP contribution in [0.2, 0.25) is 4.34 Å². The molecule has 0 saturated heterocycles. The predicted molar refractivity (Wildman–Crippen MR) is 54.0 cm³/mol. The van der Waals surface area contributed by atoms with Crippen LogP contribution in [0.4, 0.5) is 0 Å². The second-order valence-electron chi connectivity index (χ2n) is 2.61. The van der Waals surface area contributed by atoms with Crippen LogP contribution in [0.1, 0.15) is 10.4 Å². The van der Waals surface area contributed by atoms with Crippen LogP contribution >= 0.6 is 22.9 Å². The molecule has 2 rings (SSSR count). The Bertz CT molecular complexity index is 472. The highest BCUT2D eigenvalue weighted by molar-refractivity contribution is 7.15. The molecule has 0 aliphatic rings. The maximum Gasteiger partial charge on any atom is 0.338 e. The normalized spacial score (nSPS) is 10.4. The van der Waals surface area contributed by atoms with Crippen LogP contribution in [0.5, 0.6) is 0 Å². The Kier molecular flexibility index (Phi) is 2.31. The molecule has 3 nitrogen and oxygen atoms in total. The molecular weight excluding hydrogens is 224 g/mol. The van der Waals surface area contributed by atoms with Crippen LogP contribution in [-0.4, -0.2) is 11.1 Å². The van der Waals surface area contributed by atoms with E-state index in [1.807, 2.05) is 5.38 Å². The van der Waals surface area contributed by atoms with E-state index in [2.05, 4.69) is 0 Å². The lowest BCUT2D eigenvalue weighted by atomic mass is 10.2. The van der Waals surface area contributed by atoms with Gasteiger partial charge in [-0.05, 0) is 17.5 Å². The summed E-state index contributed by atoms with van der Waals surface area (Å²) in [7, 11) is 0. The minimum atomic E-state index is -1.01. The zero-order valence-corrected chi connectivity index (χ0v) is 8.43. The van der Waals surface area contributed by atoms with Crippen molar-refractivity contribution in [3.05, 3.63) is 33.7 Å². The molecule has 0 amide bonds. The third kappa shape index (κ3) is 1.54. The first-order valence-corrected chi connectivity index (χ1v) is 4.99. The van der Waals surface area contributed by atoms with Crippen molar-refractivity contribution in [2.45, 2.75) is 0 Å². The van der Waals surface area contributed by atoms with E-state index in [4.69, 9.17) is 21.1 Å². The Labute approximate surface area is 88.5 Å². The summed E-state index contributed by atoms with van der Waals surface area (Å²) in [5, 5.41) is 10.5. The van der Waals surface area contributed by atoms with Crippen LogP contribution in [0.15, 0.2) is 28.2 Å². The van der Waals surface area contributed by atoms with Gasteiger partial charge in [0.25, 0.3) is 0 Å². The van der Waals surface area contributed by atoms with Gasteiger partial charge in [-0.2, -0.15) is 0 Å². The topological polar surface area (TPSA) is 50.4 Å². The Morgan fingerprint density at radius 2 is 2.36 bits per heavy atom. The van der Waals surface area contributed by atoms with Crippen molar-refractivity contribution in [2.75, 3.05) is 0 Å². The lowest BCUT2D eigenvalue weighted by Gasteiger charge is -1.89. The third-order valence-corrected chi connectivity index (χ3v) is 2.90. The van der Waals surface area contributed by atoms with Crippen LogP contribution in [0.25, 0.3) is 11.3 Å². The summed E-state index contributed by atoms with van der Waals surface area (Å²) >= 11 is 7.25. The van der Waals surface area contributed by atoms with Gasteiger partial charge in [-0.1, -0.05) is 11.6 Å². The summed E-state index contributed by atoms with van der Waals surface area (Å²) in [6.07, 6.45) is 1.20. The van der Waals surface area contributed by atoms with Gasteiger partial charge in [-0.3, -0.25) is 0 Å². The van der Waals surface area contributed by atoms with Gasteiger partial charge in [0, 0.05) is 5.56 Å². The molecule has 0 spiro atoms. The predicted octanol–water partition coefficient (Wildman–Crippen LogP) is 3.36. The molecule has 1 N–H and O–H groups in total. The van der Waals surface area contributed by atoms with Crippen LogP contribution in [-0.2, 0) is 0 Å². The van der Waals surface area contributed by atoms with Crippen LogP contribution < -0.4 is 0 Å². The molecule has 72 valence electrons. The number of rotatable bonds is 2. The Morgan fingerprint density at radius 3 is 2.86 bits per heavy atom. The van der Waals surface area contributed by atoms with E-state index >= 15 is 0 Å². The van der Waals surface area contributed by atoms with E-state index in [1.165, 1.54) is 23.7 Å². The fourth-order valence-corrected chi connectivity index (χ4v) is 1.99. The Morgan fingerprint density at radius 1 is 1.57 bits per heavy atom. The number of carboxylic acid groups (broad SMARTS) is 1. The monoisotopic (exact) mass is 228 g/mol. The maximum absolute atomic E-state index is 10.6. The van der Waals surface area contributed by atoms with Crippen molar-refractivity contribution in [1.82, 2.24) is 0 Å². The number of carbonyl (C=O) groups is 1. The lowest BCUT2D eigenvalue weighted by Crippen LogP contribution is -1.91. The summed E-state index contributed by atoms with van der Waals surface area (Å²) in [6, 6.07) is 3.24. The molecule has 0 aliphatic heterocycles. The molecular formula is C9H5ClO3S. The van der Waals surface area contributed by atoms with Crippen molar-refractivity contribution in [3.63, 3.8) is 0 Å². The molecule has 2 aromatic rings. The number of halogens is 1. The molecule has 14 heavy (non-hydrogen) atoms. The van der Waals surface area contributed by atoms with Crippen molar-refractivity contribution >= 4 is 28.9 Å². The highest BCUT2D eigenvalue weighted by Gasteiger charge is 2.12. The Hall–Kier alpha value is -1.26. The number of aromatic carboxylic acids is 1. The van der Waals surface area contributed by atoms with E-state index in [-0.39, 0.29) is 5.56 Å². The minimum Gasteiger partial charge on any atom is -0.478 e. The largest absolute Gasteiger partial charge is 0.478 e. The van der Waals surface area contributed by atoms with Gasteiger partial charge in [0.15, 0.2) is 0 Å². The zero-order chi connectivity index (χ0) is 10.1. The van der Waals surface area contributed by atoms with Gasteiger partial charge in [0.05, 0.1) is 5.56 Å². The van der Waals surface area contributed by atoms with E-state index in [1.54, 1.807) is 6.07 Å². The summed E-state index contributed by atoms with van der Waals surface area (Å²) in [6.45, 7) is 0. The smallest absolute Gasteiger partial charge is 0.338 e. The average molecular weight is 229 g/mol. The van der Waals surface area contributed by atoms with Crippen LogP contribution in [0.3, 0.4) is 0 Å². The van der Waals surface area contributed by atoms with Gasteiger partial charge >= 0.3 is 5.97 Å². The Balaban J connectivity index is 2.43. The number of hydrogen-bond acceptors (Lipinski definition) is 3. The molecule has 0 unspecified atom stereocenters. The van der Waals surface area contributed by atoms with Crippen LogP contribution in [0, 0.1) is 0 Å². The average Bonchev–Trinajstić information content (AvgIpc) is 2.71. The van der Waals surface area contributed by atoms with E-state index < -0.39 is 5.97 Å². The third-order valence-electron chi connectivity index (χ3n) is 1.73. The lowest BCUT2D eigenvalue weighted by molar-refractivity contribution is 0.0696. The van der Waals surface area contributed by atoms with Crippen molar-refractivity contribution in [1.29, 1.82) is 0 Å². The van der Waals surface area contributed by atoms with Gasteiger partial charge < -0.3 is 9.52 Å². The van der Waals surface area contributed by atoms with Crippen molar-refractivity contribution < 1.29 is 14.3 Å². The summed E-state index contributed by atoms with van der Waals surface area (Å²) in [4.78, 5) is 10.6. The molecule has 2 heterocycles. The summed E-state index contributed by atoms with van der Waals surface area (Å²) in [5.41, 5.74) is 0.853. The van der Waals surface area contributed by atoms with Gasteiger partial charge in [-0.25, -0.2) is 4.79 Å². The number of carboxylic acids is 1. The SMILES string of the molecule is O=C(O)c1coc(-c2ccsc2Cl)c1. The second-order valence-corrected chi connectivity index (χ2v) is 4.13. The standard InChI is InChI=1S/C9H5ClO3S/c10-8-6(1-2-14-8)7-3-5(4-13-7)9(11)12/h1-4H,(H,11,12). The molecule has 0 saturated carbocycles. The second kappa shape index (κ2) is 3.48. The van der Waals surface area contributed by atoms with Gasteiger partial charge in [0.2, 0.25) is 0 Å². The van der Waals surface area contributed by atoms with Gasteiger partial charge in [-0.15, -0.1) is 11.3 Å². The minimum absolute atomic E-state index is 0.127. The first kappa shape index (κ1) is 9.30. The molecule has 0 aromatic carbocycles. The molecule has 2 aromatic heterocycles. The molecule has 0 aliphatic carbocycles. The molecule has 0 radical (unpaired) electrons. The van der Waals surface area contributed by atoms with E-state index in [0.717, 1.165) is 5.56 Å². The zero-order valence-electron chi connectivity index (χ0n) is 6.86. The quantitative estimate of drug-likeness (QED) is 0.858. The maximum atomic E-state index is 10.6. The molecule has 0 fully saturated rings. The highest BCUT2D eigenvalue weighted by atomic mass is 35.5. The first-order chi connectivity index (χ1) is 6.68. The fraction of sp³-hybridized carbons (Fsp3) is 0. The first-order valence-electron chi connectivity index (χ1n) is 3.73. The molecule has 0 bridgehead atoms. The van der Waals surface area contributed by atoms with E-state index in [0.29, 0.717) is 10.1 Å². The highest BCUT2D eigenvalue weighted by Crippen LogP contribution is 2.33. The number of furan rings is 1. The molecule has 0 atom stereocenters. The number of hydrogen-bond donors (Lipinski definition) is 1. The summed E-state index contributed by atoms with van der Waals surface area (Å²) in [5.74, 6) is -0.528. The van der Waals surface area contributed by atoms with Crippen molar-refractivity contribution in [2.24, 2.45) is 0 Å². The van der Waals surface area contributed by atoms with E-state index in [9.17, 15) is 4.79 Å². The summed E-state index contributed by atoms with van der Waals surface area (Å²) < 4.78 is 5.69.